The molecule has 0 spiro atoms. The molecule has 76 valence electrons. The highest BCUT2D eigenvalue weighted by atomic mass is 16.5. The standard InChI is InChI=1S/C11H15NO2/c1-2-6-10(13)11(12)14-9-7-4-3-5-8-9/h3-5,7-8,10,12-13H,2,6H2,1H3. The van der Waals surface area contributed by atoms with E-state index in [0.717, 1.165) is 6.42 Å². The minimum absolute atomic E-state index is 0.0851. The molecule has 1 atom stereocenters. The fourth-order valence-electron chi connectivity index (χ4n) is 1.09. The van der Waals surface area contributed by atoms with Crippen molar-refractivity contribution in [1.29, 1.82) is 5.41 Å². The van der Waals surface area contributed by atoms with E-state index >= 15 is 0 Å². The summed E-state index contributed by atoms with van der Waals surface area (Å²) < 4.78 is 5.16. The summed E-state index contributed by atoms with van der Waals surface area (Å²) in [6.45, 7) is 1.96. The van der Waals surface area contributed by atoms with Gasteiger partial charge in [-0.15, -0.1) is 0 Å². The first-order valence-electron chi connectivity index (χ1n) is 4.73. The topological polar surface area (TPSA) is 53.3 Å². The van der Waals surface area contributed by atoms with Crippen molar-refractivity contribution in [1.82, 2.24) is 0 Å². The molecule has 0 saturated heterocycles. The number of hydrogen-bond acceptors (Lipinski definition) is 3. The van der Waals surface area contributed by atoms with E-state index in [0.29, 0.717) is 12.2 Å². The molecule has 0 saturated carbocycles. The van der Waals surface area contributed by atoms with Crippen molar-refractivity contribution in [2.24, 2.45) is 0 Å². The van der Waals surface area contributed by atoms with Crippen molar-refractivity contribution in [3.8, 4) is 5.75 Å². The third-order valence-corrected chi connectivity index (χ3v) is 1.84. The molecular weight excluding hydrogens is 178 g/mol. The lowest BCUT2D eigenvalue weighted by Crippen LogP contribution is -2.24. The third-order valence-electron chi connectivity index (χ3n) is 1.84. The van der Waals surface area contributed by atoms with Crippen LogP contribution in [0.2, 0.25) is 0 Å². The second-order valence-corrected chi connectivity index (χ2v) is 3.08. The molecule has 0 radical (unpaired) electrons. The Morgan fingerprint density at radius 1 is 1.43 bits per heavy atom. The highest BCUT2D eigenvalue weighted by Crippen LogP contribution is 2.10. The molecule has 0 aliphatic carbocycles. The fraction of sp³-hybridized carbons (Fsp3) is 0.364. The molecule has 0 aliphatic rings. The quantitative estimate of drug-likeness (QED) is 0.569. The van der Waals surface area contributed by atoms with Crippen LogP contribution in [0.15, 0.2) is 30.3 Å². The Morgan fingerprint density at radius 3 is 2.64 bits per heavy atom. The Bertz CT molecular complexity index is 285. The number of para-hydroxylation sites is 1. The van der Waals surface area contributed by atoms with Gasteiger partial charge in [-0.3, -0.25) is 5.41 Å². The van der Waals surface area contributed by atoms with Gasteiger partial charge in [0.05, 0.1) is 0 Å². The number of benzene rings is 1. The van der Waals surface area contributed by atoms with Crippen LogP contribution in [-0.2, 0) is 0 Å². The lowest BCUT2D eigenvalue weighted by molar-refractivity contribution is 0.207. The van der Waals surface area contributed by atoms with Gasteiger partial charge in [0.25, 0.3) is 0 Å². The zero-order valence-corrected chi connectivity index (χ0v) is 8.23. The lowest BCUT2D eigenvalue weighted by atomic mass is 10.2. The van der Waals surface area contributed by atoms with E-state index in [9.17, 15) is 5.11 Å². The van der Waals surface area contributed by atoms with Crippen LogP contribution in [0.25, 0.3) is 0 Å². The average Bonchev–Trinajstić information content (AvgIpc) is 2.19. The summed E-state index contributed by atoms with van der Waals surface area (Å²) in [5.41, 5.74) is 0. The first kappa shape index (κ1) is 10.7. The van der Waals surface area contributed by atoms with Crippen LogP contribution in [0.1, 0.15) is 19.8 Å². The van der Waals surface area contributed by atoms with Gasteiger partial charge in [0.2, 0.25) is 5.90 Å². The molecule has 1 rings (SSSR count). The zero-order chi connectivity index (χ0) is 10.4. The van der Waals surface area contributed by atoms with E-state index in [1.807, 2.05) is 25.1 Å². The van der Waals surface area contributed by atoms with Gasteiger partial charge in [0.1, 0.15) is 11.9 Å². The second kappa shape index (κ2) is 5.40. The summed E-state index contributed by atoms with van der Waals surface area (Å²) in [6, 6.07) is 9.04. The van der Waals surface area contributed by atoms with Crippen molar-refractivity contribution in [3.63, 3.8) is 0 Å². The van der Waals surface area contributed by atoms with E-state index in [1.54, 1.807) is 12.1 Å². The molecule has 0 bridgehead atoms. The van der Waals surface area contributed by atoms with Gasteiger partial charge in [-0.05, 0) is 18.6 Å². The highest BCUT2D eigenvalue weighted by molar-refractivity contribution is 5.79. The third kappa shape index (κ3) is 3.18. The van der Waals surface area contributed by atoms with Gasteiger partial charge in [-0.1, -0.05) is 31.5 Å². The molecule has 1 aromatic rings. The largest absolute Gasteiger partial charge is 0.441 e. The number of aliphatic hydroxyl groups is 1. The summed E-state index contributed by atoms with van der Waals surface area (Å²) in [5, 5.41) is 16.9. The Labute approximate surface area is 83.8 Å². The maximum absolute atomic E-state index is 9.43. The minimum atomic E-state index is -0.791. The van der Waals surface area contributed by atoms with Crippen molar-refractivity contribution >= 4 is 5.90 Å². The summed E-state index contributed by atoms with van der Waals surface area (Å²) >= 11 is 0. The number of hydrogen-bond donors (Lipinski definition) is 2. The Kier molecular flexibility index (Phi) is 4.13. The predicted octanol–water partition coefficient (Wildman–Crippen LogP) is 2.20. The molecule has 2 N–H and O–H groups in total. The van der Waals surface area contributed by atoms with E-state index in [2.05, 4.69) is 0 Å². The lowest BCUT2D eigenvalue weighted by Gasteiger charge is -2.11. The van der Waals surface area contributed by atoms with Crippen LogP contribution in [0.4, 0.5) is 0 Å². The van der Waals surface area contributed by atoms with Gasteiger partial charge in [0.15, 0.2) is 0 Å². The van der Waals surface area contributed by atoms with Gasteiger partial charge in [-0.2, -0.15) is 0 Å². The van der Waals surface area contributed by atoms with Crippen molar-refractivity contribution < 1.29 is 9.84 Å². The first-order valence-corrected chi connectivity index (χ1v) is 4.73. The smallest absolute Gasteiger partial charge is 0.216 e. The fourth-order valence-corrected chi connectivity index (χ4v) is 1.09. The van der Waals surface area contributed by atoms with E-state index < -0.39 is 6.10 Å². The molecule has 0 heterocycles. The summed E-state index contributed by atoms with van der Waals surface area (Å²) in [6.07, 6.45) is 0.605. The number of ether oxygens (including phenoxy) is 1. The van der Waals surface area contributed by atoms with Crippen molar-refractivity contribution in [2.45, 2.75) is 25.9 Å². The molecule has 14 heavy (non-hydrogen) atoms. The summed E-state index contributed by atoms with van der Waals surface area (Å²) in [5.74, 6) is 0.505. The SMILES string of the molecule is CCCC(O)C(=N)Oc1ccccc1. The normalized spacial score (nSPS) is 12.1. The zero-order valence-electron chi connectivity index (χ0n) is 8.23. The molecule has 3 heteroatoms. The number of rotatable bonds is 4. The van der Waals surface area contributed by atoms with Crippen LogP contribution in [-0.4, -0.2) is 17.1 Å². The Morgan fingerprint density at radius 2 is 2.07 bits per heavy atom. The van der Waals surface area contributed by atoms with Gasteiger partial charge < -0.3 is 9.84 Å². The molecule has 0 fully saturated rings. The van der Waals surface area contributed by atoms with Crippen molar-refractivity contribution in [2.75, 3.05) is 0 Å². The monoisotopic (exact) mass is 193 g/mol. The maximum atomic E-state index is 9.43. The summed E-state index contributed by atoms with van der Waals surface area (Å²) in [4.78, 5) is 0. The molecule has 1 aromatic carbocycles. The van der Waals surface area contributed by atoms with Gasteiger partial charge >= 0.3 is 0 Å². The first-order chi connectivity index (χ1) is 6.74. The van der Waals surface area contributed by atoms with Crippen LogP contribution >= 0.6 is 0 Å². The Balaban J connectivity index is 2.49. The van der Waals surface area contributed by atoms with Gasteiger partial charge in [0, 0.05) is 0 Å². The van der Waals surface area contributed by atoms with Crippen LogP contribution in [0, 0.1) is 5.41 Å². The van der Waals surface area contributed by atoms with Crippen LogP contribution in [0.3, 0.4) is 0 Å². The van der Waals surface area contributed by atoms with Crippen LogP contribution < -0.4 is 4.74 Å². The molecule has 0 aromatic heterocycles. The second-order valence-electron chi connectivity index (χ2n) is 3.08. The number of aliphatic hydroxyl groups excluding tert-OH is 1. The number of nitrogens with one attached hydrogen (secondary N) is 1. The maximum Gasteiger partial charge on any atom is 0.216 e. The molecule has 3 nitrogen and oxygen atoms in total. The Hall–Kier alpha value is -1.35. The molecule has 0 amide bonds. The molecular formula is C11H15NO2. The highest BCUT2D eigenvalue weighted by Gasteiger charge is 2.11. The van der Waals surface area contributed by atoms with E-state index in [4.69, 9.17) is 10.1 Å². The van der Waals surface area contributed by atoms with Gasteiger partial charge in [-0.25, -0.2) is 0 Å². The minimum Gasteiger partial charge on any atom is -0.441 e. The molecule has 0 aliphatic heterocycles. The predicted molar refractivity (Wildman–Crippen MR) is 55.7 cm³/mol. The summed E-state index contributed by atoms with van der Waals surface area (Å²) in [7, 11) is 0. The van der Waals surface area contributed by atoms with Crippen LogP contribution in [0.5, 0.6) is 5.75 Å². The van der Waals surface area contributed by atoms with Crippen molar-refractivity contribution in [3.05, 3.63) is 30.3 Å². The molecule has 1 unspecified atom stereocenters. The van der Waals surface area contributed by atoms with E-state index in [-0.39, 0.29) is 5.90 Å². The average molecular weight is 193 g/mol. The van der Waals surface area contributed by atoms with E-state index in [1.165, 1.54) is 0 Å².